The Morgan fingerprint density at radius 3 is 2.67 bits per heavy atom. The maximum absolute atomic E-state index is 5.88. The van der Waals surface area contributed by atoms with Crippen LogP contribution in [0.1, 0.15) is 22.3 Å². The van der Waals surface area contributed by atoms with Gasteiger partial charge in [0, 0.05) is 18.5 Å². The fourth-order valence-electron chi connectivity index (χ4n) is 3.02. The van der Waals surface area contributed by atoms with Crippen molar-refractivity contribution in [3.63, 3.8) is 0 Å². The number of rotatable bonds is 3. The molecule has 0 radical (unpaired) electrons. The van der Waals surface area contributed by atoms with Crippen LogP contribution in [0.5, 0.6) is 11.5 Å². The zero-order chi connectivity index (χ0) is 15.0. The molecular formula is C18H21NO2. The molecule has 3 rings (SSSR count). The molecule has 0 atom stereocenters. The van der Waals surface area contributed by atoms with Crippen LogP contribution >= 0.6 is 0 Å². The fraction of sp³-hybridized carbons (Fsp3) is 0.333. The van der Waals surface area contributed by atoms with E-state index in [9.17, 15) is 0 Å². The standard InChI is InChI=1S/C18H21NO2/c1-11-7-17(20-3)12(2)6-16(11)14-8-13-4-5-21-18(13)15(9-14)10-19/h6-9H,4-5,10,19H2,1-3H3. The van der Waals surface area contributed by atoms with Crippen LogP contribution in [0.4, 0.5) is 0 Å². The second-order valence-corrected chi connectivity index (χ2v) is 5.56. The number of aryl methyl sites for hydroxylation is 2. The van der Waals surface area contributed by atoms with Crippen LogP contribution in [0, 0.1) is 13.8 Å². The van der Waals surface area contributed by atoms with Gasteiger partial charge in [-0.15, -0.1) is 0 Å². The number of hydrogen-bond acceptors (Lipinski definition) is 3. The Labute approximate surface area is 125 Å². The molecule has 0 aliphatic carbocycles. The van der Waals surface area contributed by atoms with Gasteiger partial charge in [-0.1, -0.05) is 0 Å². The molecule has 2 N–H and O–H groups in total. The van der Waals surface area contributed by atoms with Crippen molar-refractivity contribution >= 4 is 0 Å². The summed E-state index contributed by atoms with van der Waals surface area (Å²) in [6.07, 6.45) is 0.963. The Morgan fingerprint density at radius 2 is 1.95 bits per heavy atom. The predicted molar refractivity (Wildman–Crippen MR) is 85.0 cm³/mol. The zero-order valence-electron chi connectivity index (χ0n) is 12.8. The van der Waals surface area contributed by atoms with Crippen LogP contribution in [0.15, 0.2) is 24.3 Å². The zero-order valence-corrected chi connectivity index (χ0v) is 12.8. The van der Waals surface area contributed by atoms with E-state index in [1.165, 1.54) is 22.3 Å². The lowest BCUT2D eigenvalue weighted by atomic mass is 9.94. The molecule has 0 spiro atoms. The lowest BCUT2D eigenvalue weighted by Gasteiger charge is -2.14. The maximum atomic E-state index is 5.88. The molecule has 21 heavy (non-hydrogen) atoms. The second kappa shape index (κ2) is 5.41. The van der Waals surface area contributed by atoms with E-state index in [0.29, 0.717) is 6.54 Å². The van der Waals surface area contributed by atoms with Gasteiger partial charge in [-0.05, 0) is 65.9 Å². The smallest absolute Gasteiger partial charge is 0.127 e. The summed E-state index contributed by atoms with van der Waals surface area (Å²) in [7, 11) is 1.71. The monoisotopic (exact) mass is 283 g/mol. The highest BCUT2D eigenvalue weighted by Crippen LogP contribution is 2.37. The van der Waals surface area contributed by atoms with Crippen molar-refractivity contribution in [1.29, 1.82) is 0 Å². The van der Waals surface area contributed by atoms with Gasteiger partial charge in [0.1, 0.15) is 11.5 Å². The minimum Gasteiger partial charge on any atom is -0.496 e. The van der Waals surface area contributed by atoms with Crippen LogP contribution in [-0.4, -0.2) is 13.7 Å². The van der Waals surface area contributed by atoms with Crippen molar-refractivity contribution in [2.24, 2.45) is 5.73 Å². The highest BCUT2D eigenvalue weighted by molar-refractivity contribution is 5.72. The first-order valence-corrected chi connectivity index (χ1v) is 7.28. The van der Waals surface area contributed by atoms with Crippen molar-refractivity contribution in [1.82, 2.24) is 0 Å². The number of fused-ring (bicyclic) bond motifs is 1. The van der Waals surface area contributed by atoms with Crippen molar-refractivity contribution < 1.29 is 9.47 Å². The van der Waals surface area contributed by atoms with Gasteiger partial charge in [0.2, 0.25) is 0 Å². The molecule has 0 saturated heterocycles. The van der Waals surface area contributed by atoms with Crippen molar-refractivity contribution in [2.75, 3.05) is 13.7 Å². The van der Waals surface area contributed by atoms with E-state index in [4.69, 9.17) is 15.2 Å². The number of benzene rings is 2. The molecule has 3 nitrogen and oxygen atoms in total. The third-order valence-corrected chi connectivity index (χ3v) is 4.13. The molecule has 0 saturated carbocycles. The van der Waals surface area contributed by atoms with E-state index >= 15 is 0 Å². The molecule has 0 unspecified atom stereocenters. The molecule has 0 aromatic heterocycles. The molecule has 2 aromatic carbocycles. The van der Waals surface area contributed by atoms with E-state index in [-0.39, 0.29) is 0 Å². The molecule has 1 aliphatic heterocycles. The molecule has 110 valence electrons. The molecule has 0 amide bonds. The van der Waals surface area contributed by atoms with E-state index in [2.05, 4.69) is 38.1 Å². The van der Waals surface area contributed by atoms with E-state index < -0.39 is 0 Å². The summed E-state index contributed by atoms with van der Waals surface area (Å²) in [5, 5.41) is 0. The summed E-state index contributed by atoms with van der Waals surface area (Å²) in [6.45, 7) is 5.45. The third-order valence-electron chi connectivity index (χ3n) is 4.13. The molecule has 1 aliphatic rings. The first kappa shape index (κ1) is 14.0. The van der Waals surface area contributed by atoms with Crippen LogP contribution in [0.3, 0.4) is 0 Å². The molecule has 1 heterocycles. The maximum Gasteiger partial charge on any atom is 0.127 e. The van der Waals surface area contributed by atoms with E-state index in [1.807, 2.05) is 0 Å². The highest BCUT2D eigenvalue weighted by Gasteiger charge is 2.18. The van der Waals surface area contributed by atoms with Gasteiger partial charge in [0.05, 0.1) is 13.7 Å². The Morgan fingerprint density at radius 1 is 1.14 bits per heavy atom. The average Bonchev–Trinajstić information content (AvgIpc) is 2.96. The van der Waals surface area contributed by atoms with Crippen LogP contribution in [-0.2, 0) is 13.0 Å². The number of ether oxygens (including phenoxy) is 2. The molecule has 0 fully saturated rings. The number of hydrogen-bond donors (Lipinski definition) is 1. The number of methoxy groups -OCH3 is 1. The minimum absolute atomic E-state index is 0.504. The van der Waals surface area contributed by atoms with Crippen molar-refractivity contribution in [3.8, 4) is 22.6 Å². The first-order valence-electron chi connectivity index (χ1n) is 7.28. The van der Waals surface area contributed by atoms with Gasteiger partial charge in [-0.25, -0.2) is 0 Å². The summed E-state index contributed by atoms with van der Waals surface area (Å²) < 4.78 is 11.1. The molecule has 3 heteroatoms. The first-order chi connectivity index (χ1) is 10.1. The number of nitrogens with two attached hydrogens (primary N) is 1. The lowest BCUT2D eigenvalue weighted by Crippen LogP contribution is -2.00. The largest absolute Gasteiger partial charge is 0.496 e. The molecule has 2 aromatic rings. The normalized spacial score (nSPS) is 13.0. The summed E-state index contributed by atoms with van der Waals surface area (Å²) in [5.74, 6) is 1.92. The Bertz CT molecular complexity index is 692. The summed E-state index contributed by atoms with van der Waals surface area (Å²) in [6, 6.07) is 8.66. The Balaban J connectivity index is 2.15. The third kappa shape index (κ3) is 2.38. The van der Waals surface area contributed by atoms with Gasteiger partial charge in [-0.2, -0.15) is 0 Å². The quantitative estimate of drug-likeness (QED) is 0.939. The molecule has 0 bridgehead atoms. The topological polar surface area (TPSA) is 44.5 Å². The van der Waals surface area contributed by atoms with Gasteiger partial charge < -0.3 is 15.2 Å². The Kier molecular flexibility index (Phi) is 3.60. The van der Waals surface area contributed by atoms with Gasteiger partial charge >= 0.3 is 0 Å². The van der Waals surface area contributed by atoms with Crippen LogP contribution in [0.2, 0.25) is 0 Å². The van der Waals surface area contributed by atoms with Crippen LogP contribution < -0.4 is 15.2 Å². The van der Waals surface area contributed by atoms with Gasteiger partial charge in [0.25, 0.3) is 0 Å². The van der Waals surface area contributed by atoms with Crippen molar-refractivity contribution in [3.05, 3.63) is 46.5 Å². The van der Waals surface area contributed by atoms with Crippen molar-refractivity contribution in [2.45, 2.75) is 26.8 Å². The Hall–Kier alpha value is -2.00. The van der Waals surface area contributed by atoms with Crippen LogP contribution in [0.25, 0.3) is 11.1 Å². The summed E-state index contributed by atoms with van der Waals surface area (Å²) in [5.41, 5.74) is 13.0. The summed E-state index contributed by atoms with van der Waals surface area (Å²) >= 11 is 0. The van der Waals surface area contributed by atoms with Gasteiger partial charge in [-0.3, -0.25) is 0 Å². The minimum atomic E-state index is 0.504. The highest BCUT2D eigenvalue weighted by atomic mass is 16.5. The second-order valence-electron chi connectivity index (χ2n) is 5.56. The lowest BCUT2D eigenvalue weighted by molar-refractivity contribution is 0.353. The fourth-order valence-corrected chi connectivity index (χ4v) is 3.02. The predicted octanol–water partition coefficient (Wildman–Crippen LogP) is 3.37. The van der Waals surface area contributed by atoms with Gasteiger partial charge in [0.15, 0.2) is 0 Å². The molecular weight excluding hydrogens is 262 g/mol. The van der Waals surface area contributed by atoms with E-state index in [1.54, 1.807) is 7.11 Å². The van der Waals surface area contributed by atoms with E-state index in [0.717, 1.165) is 35.7 Å². The average molecular weight is 283 g/mol. The summed E-state index contributed by atoms with van der Waals surface area (Å²) in [4.78, 5) is 0. The SMILES string of the molecule is COc1cc(C)c(-c2cc(CN)c3c(c2)CCO3)cc1C.